The Morgan fingerprint density at radius 1 is 1.33 bits per heavy atom. The van der Waals surface area contributed by atoms with E-state index in [-0.39, 0.29) is 23.2 Å². The molecule has 0 saturated carbocycles. The molecule has 5 nitrogen and oxygen atoms in total. The molecule has 0 rings (SSSR count). The second-order valence-corrected chi connectivity index (χ2v) is 5.19. The van der Waals surface area contributed by atoms with Crippen molar-refractivity contribution in [3.8, 4) is 0 Å². The number of hydrogen-bond acceptors (Lipinski definition) is 4. The van der Waals surface area contributed by atoms with Gasteiger partial charge in [-0.15, -0.1) is 0 Å². The molecule has 1 amide bonds. The number of alkyl halides is 1. The summed E-state index contributed by atoms with van der Waals surface area (Å²) in [4.78, 5) is 24.7. The quantitative estimate of drug-likeness (QED) is 0.501. The lowest BCUT2D eigenvalue weighted by molar-refractivity contribution is -0.149. The molecule has 0 fully saturated rings. The third kappa shape index (κ3) is 6.35. The number of esters is 1. The Hall–Kier alpha value is -0.620. The molecule has 0 saturated heterocycles. The molecule has 1 atom stereocenters. The summed E-state index contributed by atoms with van der Waals surface area (Å²) in [6.45, 7) is 6.66. The van der Waals surface area contributed by atoms with Gasteiger partial charge in [0.05, 0.1) is 18.0 Å². The molecule has 0 heterocycles. The highest BCUT2D eigenvalue weighted by Crippen LogP contribution is 2.15. The van der Waals surface area contributed by atoms with Gasteiger partial charge in [0.2, 0.25) is 5.91 Å². The lowest BCUT2D eigenvalue weighted by atomic mass is 10.1. The molecule has 0 aromatic heterocycles. The van der Waals surface area contributed by atoms with Gasteiger partial charge in [0.15, 0.2) is 0 Å². The van der Waals surface area contributed by atoms with Crippen LogP contribution in [0.1, 0.15) is 20.8 Å². The van der Waals surface area contributed by atoms with Crippen molar-refractivity contribution >= 4 is 27.8 Å². The molecule has 0 N–H and O–H groups in total. The summed E-state index contributed by atoms with van der Waals surface area (Å²) in [5, 5.41) is 0. The van der Waals surface area contributed by atoms with Crippen molar-refractivity contribution in [1.29, 1.82) is 0 Å². The van der Waals surface area contributed by atoms with Crippen molar-refractivity contribution in [3.63, 3.8) is 0 Å². The molecule has 1 unspecified atom stereocenters. The van der Waals surface area contributed by atoms with Crippen LogP contribution in [0.4, 0.5) is 0 Å². The van der Waals surface area contributed by atoms with Gasteiger partial charge in [-0.25, -0.2) is 0 Å². The Labute approximate surface area is 117 Å². The molecule has 6 heteroatoms. The molecule has 0 aromatic rings. The summed E-state index contributed by atoms with van der Waals surface area (Å²) < 4.78 is 9.80. The number of halogens is 1. The van der Waals surface area contributed by atoms with Gasteiger partial charge in [-0.2, -0.15) is 0 Å². The number of rotatable bonds is 8. The molecular formula is C12H22BrNO4. The van der Waals surface area contributed by atoms with Gasteiger partial charge in [0, 0.05) is 13.7 Å². The number of hydrogen-bond donors (Lipinski definition) is 0. The van der Waals surface area contributed by atoms with Crippen molar-refractivity contribution in [1.82, 2.24) is 4.90 Å². The van der Waals surface area contributed by atoms with Crippen LogP contribution in [0.15, 0.2) is 0 Å². The number of amides is 1. The molecule has 18 heavy (non-hydrogen) atoms. The molecule has 0 radical (unpaired) electrons. The number of carbonyl (C=O) groups excluding carboxylic acids is 2. The number of ether oxygens (including phenoxy) is 2. The first-order valence-electron chi connectivity index (χ1n) is 6.01. The third-order valence-electron chi connectivity index (χ3n) is 2.32. The average molecular weight is 324 g/mol. The van der Waals surface area contributed by atoms with Gasteiger partial charge in [-0.3, -0.25) is 9.59 Å². The number of carbonyl (C=O) groups is 2. The summed E-state index contributed by atoms with van der Waals surface area (Å²) in [6.07, 6.45) is 0. The van der Waals surface area contributed by atoms with Crippen LogP contribution >= 0.6 is 15.9 Å². The van der Waals surface area contributed by atoms with Gasteiger partial charge < -0.3 is 14.4 Å². The summed E-state index contributed by atoms with van der Waals surface area (Å²) in [7, 11) is 1.56. The third-order valence-corrected chi connectivity index (χ3v) is 3.77. The van der Waals surface area contributed by atoms with Crippen LogP contribution in [0.2, 0.25) is 0 Å². The molecule has 106 valence electrons. The van der Waals surface area contributed by atoms with E-state index in [2.05, 4.69) is 15.9 Å². The summed E-state index contributed by atoms with van der Waals surface area (Å²) >= 11 is 3.34. The van der Waals surface area contributed by atoms with E-state index in [1.165, 1.54) is 4.90 Å². The lowest BCUT2D eigenvalue weighted by Crippen LogP contribution is -2.43. The first kappa shape index (κ1) is 17.4. The zero-order chi connectivity index (χ0) is 14.1. The Morgan fingerprint density at radius 3 is 2.39 bits per heavy atom. The highest BCUT2D eigenvalue weighted by molar-refractivity contribution is 9.10. The minimum absolute atomic E-state index is 0.0369. The average Bonchev–Trinajstić information content (AvgIpc) is 2.32. The maximum Gasteiger partial charge on any atom is 0.325 e. The van der Waals surface area contributed by atoms with E-state index in [1.807, 2.05) is 13.8 Å². The van der Waals surface area contributed by atoms with Crippen molar-refractivity contribution in [2.24, 2.45) is 5.92 Å². The smallest absolute Gasteiger partial charge is 0.325 e. The molecule has 0 aliphatic carbocycles. The Balaban J connectivity index is 4.55. The lowest BCUT2D eigenvalue weighted by Gasteiger charge is -2.25. The maximum atomic E-state index is 12.1. The monoisotopic (exact) mass is 323 g/mol. The molecule has 0 aliphatic heterocycles. The second kappa shape index (κ2) is 9.33. The Bertz CT molecular complexity index is 271. The predicted octanol–water partition coefficient (Wildman–Crippen LogP) is 1.44. The zero-order valence-electron chi connectivity index (χ0n) is 11.4. The fourth-order valence-corrected chi connectivity index (χ4v) is 1.58. The fourth-order valence-electron chi connectivity index (χ4n) is 1.29. The van der Waals surface area contributed by atoms with E-state index in [0.29, 0.717) is 19.8 Å². The van der Waals surface area contributed by atoms with Crippen molar-refractivity contribution in [2.75, 3.05) is 33.4 Å². The largest absolute Gasteiger partial charge is 0.465 e. The van der Waals surface area contributed by atoms with Crippen LogP contribution in [-0.4, -0.2) is 55.0 Å². The standard InChI is InChI=1S/C12H22BrNO4/c1-5-18-10(15)8-14(6-7-17-4)12(16)11(13)9(2)3/h9,11H,5-8H2,1-4H3. The minimum Gasteiger partial charge on any atom is -0.465 e. The summed E-state index contributed by atoms with van der Waals surface area (Å²) in [5.41, 5.74) is 0. The van der Waals surface area contributed by atoms with Crippen molar-refractivity contribution in [3.05, 3.63) is 0 Å². The van der Waals surface area contributed by atoms with E-state index in [4.69, 9.17) is 9.47 Å². The van der Waals surface area contributed by atoms with E-state index in [0.717, 1.165) is 0 Å². The van der Waals surface area contributed by atoms with E-state index in [1.54, 1.807) is 14.0 Å². The second-order valence-electron chi connectivity index (χ2n) is 4.20. The maximum absolute atomic E-state index is 12.1. The molecule has 0 aliphatic rings. The van der Waals surface area contributed by atoms with Crippen molar-refractivity contribution in [2.45, 2.75) is 25.6 Å². The summed E-state index contributed by atoms with van der Waals surface area (Å²) in [5.74, 6) is -0.356. The highest BCUT2D eigenvalue weighted by atomic mass is 79.9. The molecule has 0 spiro atoms. The van der Waals surface area contributed by atoms with Gasteiger partial charge in [0.1, 0.15) is 6.54 Å². The van der Waals surface area contributed by atoms with Crippen LogP contribution in [0.3, 0.4) is 0 Å². The predicted molar refractivity (Wildman–Crippen MR) is 72.6 cm³/mol. The summed E-state index contributed by atoms with van der Waals surface area (Å²) in [6, 6.07) is 0. The van der Waals surface area contributed by atoms with Crippen LogP contribution < -0.4 is 0 Å². The number of methoxy groups -OCH3 is 1. The molecular weight excluding hydrogens is 302 g/mol. The zero-order valence-corrected chi connectivity index (χ0v) is 13.0. The van der Waals surface area contributed by atoms with Gasteiger partial charge in [-0.05, 0) is 12.8 Å². The van der Waals surface area contributed by atoms with Gasteiger partial charge in [0.25, 0.3) is 0 Å². The van der Waals surface area contributed by atoms with Crippen molar-refractivity contribution < 1.29 is 19.1 Å². The van der Waals surface area contributed by atoms with Crippen LogP contribution in [0.25, 0.3) is 0 Å². The first-order chi connectivity index (χ1) is 8.43. The topological polar surface area (TPSA) is 55.8 Å². The van der Waals surface area contributed by atoms with Crippen LogP contribution in [0, 0.1) is 5.92 Å². The van der Waals surface area contributed by atoms with Crippen LogP contribution in [-0.2, 0) is 19.1 Å². The van der Waals surface area contributed by atoms with Crippen LogP contribution in [0.5, 0.6) is 0 Å². The van der Waals surface area contributed by atoms with E-state index in [9.17, 15) is 9.59 Å². The minimum atomic E-state index is -0.398. The Morgan fingerprint density at radius 2 is 1.94 bits per heavy atom. The highest BCUT2D eigenvalue weighted by Gasteiger charge is 2.26. The van der Waals surface area contributed by atoms with Gasteiger partial charge >= 0.3 is 5.97 Å². The van der Waals surface area contributed by atoms with E-state index >= 15 is 0 Å². The van der Waals surface area contributed by atoms with E-state index < -0.39 is 5.97 Å². The molecule has 0 bridgehead atoms. The Kier molecular flexibility index (Phi) is 9.01. The molecule has 0 aromatic carbocycles. The fraction of sp³-hybridized carbons (Fsp3) is 0.833. The SMILES string of the molecule is CCOC(=O)CN(CCOC)C(=O)C(Br)C(C)C. The van der Waals surface area contributed by atoms with Gasteiger partial charge in [-0.1, -0.05) is 29.8 Å². The normalized spacial score (nSPS) is 12.3. The first-order valence-corrected chi connectivity index (χ1v) is 6.93. The number of nitrogens with zero attached hydrogens (tertiary/aromatic N) is 1.